The van der Waals surface area contributed by atoms with Gasteiger partial charge in [0.2, 0.25) is 0 Å². The zero-order valence-electron chi connectivity index (χ0n) is 9.19. The second kappa shape index (κ2) is 4.18. The van der Waals surface area contributed by atoms with Crippen LogP contribution < -0.4 is 5.32 Å². The Hall–Kier alpha value is -1.10. The molecule has 0 saturated heterocycles. The Morgan fingerprint density at radius 1 is 1.40 bits per heavy atom. The number of anilines is 1. The van der Waals surface area contributed by atoms with Crippen LogP contribution in [0.1, 0.15) is 13.8 Å². The number of aromatic nitrogens is 1. The van der Waals surface area contributed by atoms with E-state index in [1.54, 1.807) is 26.1 Å². The first kappa shape index (κ1) is 12.0. The van der Waals surface area contributed by atoms with E-state index in [0.717, 1.165) is 0 Å². The number of hydrogen-bond acceptors (Lipinski definition) is 4. The molecule has 0 saturated carbocycles. The van der Waals surface area contributed by atoms with Gasteiger partial charge in [-0.3, -0.25) is 0 Å². The lowest BCUT2D eigenvalue weighted by atomic mass is 10.2. The minimum Gasteiger partial charge on any atom is -0.369 e. The van der Waals surface area contributed by atoms with Crippen molar-refractivity contribution in [2.45, 2.75) is 18.6 Å². The number of hydrogen-bond donors (Lipinski definition) is 1. The van der Waals surface area contributed by atoms with Gasteiger partial charge in [-0.1, -0.05) is 6.07 Å². The molecule has 0 fully saturated rings. The molecule has 0 spiro atoms. The Balaban J connectivity index is 2.66. The summed E-state index contributed by atoms with van der Waals surface area (Å²) in [6, 6.07) is 5.47. The van der Waals surface area contributed by atoms with E-state index in [-0.39, 0.29) is 0 Å². The Bertz CT molecular complexity index is 412. The molecule has 0 aliphatic carbocycles. The molecular formula is C10H16N2O2S. The van der Waals surface area contributed by atoms with Crippen molar-refractivity contribution in [1.29, 1.82) is 0 Å². The lowest BCUT2D eigenvalue weighted by Crippen LogP contribution is -2.38. The van der Waals surface area contributed by atoms with Crippen LogP contribution in [-0.2, 0) is 9.84 Å². The van der Waals surface area contributed by atoms with Crippen molar-refractivity contribution in [3.05, 3.63) is 24.4 Å². The van der Waals surface area contributed by atoms with E-state index in [4.69, 9.17) is 0 Å². The highest BCUT2D eigenvalue weighted by Gasteiger charge is 2.29. The highest BCUT2D eigenvalue weighted by molar-refractivity contribution is 7.92. The molecule has 1 rings (SSSR count). The van der Waals surface area contributed by atoms with E-state index in [9.17, 15) is 8.42 Å². The van der Waals surface area contributed by atoms with Gasteiger partial charge < -0.3 is 5.32 Å². The van der Waals surface area contributed by atoms with Crippen LogP contribution in [0.15, 0.2) is 24.4 Å². The van der Waals surface area contributed by atoms with Gasteiger partial charge in [0.25, 0.3) is 0 Å². The van der Waals surface area contributed by atoms with Crippen LogP contribution in [0.3, 0.4) is 0 Å². The molecular weight excluding hydrogens is 212 g/mol. The molecule has 0 aromatic carbocycles. The lowest BCUT2D eigenvalue weighted by molar-refractivity contribution is 0.559. The topological polar surface area (TPSA) is 59.1 Å². The second-order valence-corrected chi connectivity index (χ2v) is 6.75. The average Bonchev–Trinajstić information content (AvgIpc) is 2.15. The number of nitrogens with zero attached hydrogens (tertiary/aromatic N) is 1. The first-order valence-corrected chi connectivity index (χ1v) is 6.56. The summed E-state index contributed by atoms with van der Waals surface area (Å²) in [5.74, 6) is 0.689. The summed E-state index contributed by atoms with van der Waals surface area (Å²) in [4.78, 5) is 4.06. The molecule has 0 atom stereocenters. The standard InChI is InChI=1S/C10H16N2O2S/c1-10(2,15(3,13)14)8-12-9-6-4-5-7-11-9/h4-7H,8H2,1-3H3,(H,11,12). The summed E-state index contributed by atoms with van der Waals surface area (Å²) >= 11 is 0. The SMILES string of the molecule is CC(C)(CNc1ccccn1)S(C)(=O)=O. The average molecular weight is 228 g/mol. The lowest BCUT2D eigenvalue weighted by Gasteiger charge is -2.22. The summed E-state index contributed by atoms with van der Waals surface area (Å²) in [6.45, 7) is 3.74. The fourth-order valence-electron chi connectivity index (χ4n) is 0.902. The number of nitrogens with one attached hydrogen (secondary N) is 1. The Morgan fingerprint density at radius 3 is 2.53 bits per heavy atom. The van der Waals surface area contributed by atoms with Gasteiger partial charge in [0, 0.05) is 19.0 Å². The van der Waals surface area contributed by atoms with Crippen molar-refractivity contribution in [3.63, 3.8) is 0 Å². The van der Waals surface area contributed by atoms with E-state index in [1.807, 2.05) is 12.1 Å². The van der Waals surface area contributed by atoms with E-state index in [0.29, 0.717) is 12.4 Å². The maximum absolute atomic E-state index is 11.4. The van der Waals surface area contributed by atoms with Gasteiger partial charge in [0.15, 0.2) is 9.84 Å². The molecule has 4 nitrogen and oxygen atoms in total. The Morgan fingerprint density at radius 2 is 2.07 bits per heavy atom. The van der Waals surface area contributed by atoms with Crippen LogP contribution in [0.2, 0.25) is 0 Å². The van der Waals surface area contributed by atoms with E-state index < -0.39 is 14.6 Å². The van der Waals surface area contributed by atoms with Gasteiger partial charge in [-0.15, -0.1) is 0 Å². The van der Waals surface area contributed by atoms with Crippen molar-refractivity contribution in [2.75, 3.05) is 18.1 Å². The van der Waals surface area contributed by atoms with E-state index >= 15 is 0 Å². The molecule has 0 aliphatic heterocycles. The molecule has 0 unspecified atom stereocenters. The van der Waals surface area contributed by atoms with Crippen molar-refractivity contribution < 1.29 is 8.42 Å². The number of rotatable bonds is 4. The van der Waals surface area contributed by atoms with Gasteiger partial charge in [-0.05, 0) is 26.0 Å². The van der Waals surface area contributed by atoms with Gasteiger partial charge in [-0.2, -0.15) is 0 Å². The zero-order valence-corrected chi connectivity index (χ0v) is 10.0. The smallest absolute Gasteiger partial charge is 0.154 e. The fourth-order valence-corrected chi connectivity index (χ4v) is 1.24. The van der Waals surface area contributed by atoms with E-state index in [1.165, 1.54) is 6.26 Å². The van der Waals surface area contributed by atoms with Crippen LogP contribution in [0.4, 0.5) is 5.82 Å². The summed E-state index contributed by atoms with van der Waals surface area (Å²) in [7, 11) is -3.06. The number of pyridine rings is 1. The maximum Gasteiger partial charge on any atom is 0.154 e. The monoisotopic (exact) mass is 228 g/mol. The Kier molecular flexibility index (Phi) is 3.34. The normalized spacial score (nSPS) is 12.5. The van der Waals surface area contributed by atoms with E-state index in [2.05, 4.69) is 10.3 Å². The summed E-state index contributed by atoms with van der Waals surface area (Å²) < 4.78 is 22.0. The molecule has 1 aromatic heterocycles. The molecule has 0 bridgehead atoms. The van der Waals surface area contributed by atoms with Gasteiger partial charge in [0.1, 0.15) is 5.82 Å². The first-order chi connectivity index (χ1) is 6.83. The van der Waals surface area contributed by atoms with Crippen LogP contribution in [-0.4, -0.2) is 30.9 Å². The van der Waals surface area contributed by atoms with Crippen LogP contribution in [0.25, 0.3) is 0 Å². The minimum absolute atomic E-state index is 0.350. The van der Waals surface area contributed by atoms with Crippen LogP contribution in [0.5, 0.6) is 0 Å². The molecule has 1 aromatic rings. The first-order valence-electron chi connectivity index (χ1n) is 4.67. The molecule has 15 heavy (non-hydrogen) atoms. The third-order valence-electron chi connectivity index (χ3n) is 2.36. The second-order valence-electron chi connectivity index (χ2n) is 4.10. The molecule has 0 amide bonds. The summed E-state index contributed by atoms with van der Waals surface area (Å²) in [5, 5.41) is 3.00. The van der Waals surface area contributed by atoms with Gasteiger partial charge >= 0.3 is 0 Å². The van der Waals surface area contributed by atoms with Crippen LogP contribution >= 0.6 is 0 Å². The predicted molar refractivity (Wildman–Crippen MR) is 61.6 cm³/mol. The molecule has 0 aliphatic rings. The summed E-state index contributed by atoms with van der Waals surface area (Å²) in [5.41, 5.74) is 0. The van der Waals surface area contributed by atoms with Crippen LogP contribution in [0, 0.1) is 0 Å². The Labute approximate surface area is 90.7 Å². The molecule has 0 radical (unpaired) electrons. The number of sulfone groups is 1. The molecule has 5 heteroatoms. The van der Waals surface area contributed by atoms with Crippen molar-refractivity contribution in [3.8, 4) is 0 Å². The van der Waals surface area contributed by atoms with Crippen molar-refractivity contribution >= 4 is 15.7 Å². The molecule has 84 valence electrons. The minimum atomic E-state index is -3.06. The summed E-state index contributed by atoms with van der Waals surface area (Å²) in [6.07, 6.45) is 2.91. The third-order valence-corrected chi connectivity index (χ3v) is 4.52. The fraction of sp³-hybridized carbons (Fsp3) is 0.500. The van der Waals surface area contributed by atoms with Gasteiger partial charge in [-0.25, -0.2) is 13.4 Å². The van der Waals surface area contributed by atoms with Crippen molar-refractivity contribution in [2.24, 2.45) is 0 Å². The van der Waals surface area contributed by atoms with Crippen molar-refractivity contribution in [1.82, 2.24) is 4.98 Å². The maximum atomic E-state index is 11.4. The largest absolute Gasteiger partial charge is 0.369 e. The zero-order chi connectivity index (χ0) is 11.5. The highest BCUT2D eigenvalue weighted by Crippen LogP contribution is 2.15. The highest BCUT2D eigenvalue weighted by atomic mass is 32.2. The molecule has 1 N–H and O–H groups in total. The quantitative estimate of drug-likeness (QED) is 0.844. The predicted octanol–water partition coefficient (Wildman–Crippen LogP) is 1.32. The molecule has 1 heterocycles. The van der Waals surface area contributed by atoms with Gasteiger partial charge in [0.05, 0.1) is 4.75 Å². The third kappa shape index (κ3) is 3.20.